The monoisotopic (exact) mass is 368 g/mol. The summed E-state index contributed by atoms with van der Waals surface area (Å²) in [6.07, 6.45) is -11.2. The van der Waals surface area contributed by atoms with Crippen molar-refractivity contribution in [3.05, 3.63) is 0 Å². The van der Waals surface area contributed by atoms with Gasteiger partial charge in [-0.05, 0) is 0 Å². The smallest absolute Gasteiger partial charge is 0.434 e. The fourth-order valence-electron chi connectivity index (χ4n) is 1.08. The first-order valence-corrected chi connectivity index (χ1v) is 5.76. The number of alkyl halides is 10. The summed E-state index contributed by atoms with van der Waals surface area (Å²) in [5.41, 5.74) is 0. The summed E-state index contributed by atoms with van der Waals surface area (Å²) in [5.74, 6) is -19.6. The van der Waals surface area contributed by atoms with Gasteiger partial charge in [-0.2, -0.15) is 39.5 Å². The minimum absolute atomic E-state index is 0.277. The molecule has 0 aliphatic heterocycles. The number of carbonyl (C=O) groups is 1. The summed E-state index contributed by atoms with van der Waals surface area (Å²) in [6, 6.07) is 0. The zero-order chi connectivity index (χ0) is 18.5. The van der Waals surface area contributed by atoms with E-state index in [4.69, 9.17) is 0 Å². The van der Waals surface area contributed by atoms with Crippen molar-refractivity contribution in [1.29, 1.82) is 0 Å². The van der Waals surface area contributed by atoms with Crippen LogP contribution >= 0.6 is 0 Å². The van der Waals surface area contributed by atoms with E-state index in [1.165, 1.54) is 0 Å². The Morgan fingerprint density at radius 3 is 1.70 bits per heavy atom. The maximum Gasteiger partial charge on any atom is 0.508 e. The Kier molecular flexibility index (Phi) is 6.96. The Labute approximate surface area is 122 Å². The van der Waals surface area contributed by atoms with Crippen molar-refractivity contribution in [3.8, 4) is 0 Å². The highest BCUT2D eigenvalue weighted by Gasteiger charge is 2.81. The van der Waals surface area contributed by atoms with Crippen LogP contribution in [0.15, 0.2) is 0 Å². The Morgan fingerprint density at radius 1 is 0.783 bits per heavy atom. The third-order valence-corrected chi connectivity index (χ3v) is 2.34. The molecule has 0 aromatic heterocycles. The topological polar surface area (TPSA) is 35.5 Å². The minimum atomic E-state index is -6.99. The van der Waals surface area contributed by atoms with E-state index >= 15 is 0 Å². The molecule has 0 aliphatic rings. The fraction of sp³-hybridized carbons (Fsp3) is 0.900. The zero-order valence-electron chi connectivity index (χ0n) is 11.0. The SMILES string of the molecule is O=C(OCCCF)OCCC(F)(F)C(F)(F)C(F)(F)C(F)(F)F. The van der Waals surface area contributed by atoms with Gasteiger partial charge in [-0.25, -0.2) is 4.79 Å². The van der Waals surface area contributed by atoms with Crippen LogP contribution in [0.3, 0.4) is 0 Å². The number of rotatable bonds is 8. The normalized spacial score (nSPS) is 13.8. The lowest BCUT2D eigenvalue weighted by molar-refractivity contribution is -0.397. The molecule has 0 spiro atoms. The van der Waals surface area contributed by atoms with E-state index in [0.717, 1.165) is 0 Å². The van der Waals surface area contributed by atoms with Crippen LogP contribution in [0.5, 0.6) is 0 Å². The van der Waals surface area contributed by atoms with Crippen molar-refractivity contribution in [3.63, 3.8) is 0 Å². The summed E-state index contributed by atoms with van der Waals surface area (Å²) < 4.78 is 131. The molecular formula is C10H10F10O3. The minimum Gasteiger partial charge on any atom is -0.434 e. The molecule has 0 N–H and O–H groups in total. The largest absolute Gasteiger partial charge is 0.508 e. The van der Waals surface area contributed by atoms with Crippen molar-refractivity contribution in [1.82, 2.24) is 0 Å². The van der Waals surface area contributed by atoms with Gasteiger partial charge < -0.3 is 9.47 Å². The van der Waals surface area contributed by atoms with E-state index in [0.29, 0.717) is 0 Å². The maximum atomic E-state index is 13.0. The molecule has 0 aromatic carbocycles. The molecule has 0 bridgehead atoms. The second kappa shape index (κ2) is 7.43. The second-order valence-electron chi connectivity index (χ2n) is 4.09. The van der Waals surface area contributed by atoms with Crippen LogP contribution in [0.25, 0.3) is 0 Å². The number of hydrogen-bond acceptors (Lipinski definition) is 3. The van der Waals surface area contributed by atoms with Crippen molar-refractivity contribution in [2.45, 2.75) is 36.8 Å². The Balaban J connectivity index is 4.71. The first-order chi connectivity index (χ1) is 10.2. The lowest BCUT2D eigenvalue weighted by Gasteiger charge is -2.33. The second-order valence-corrected chi connectivity index (χ2v) is 4.09. The predicted molar refractivity (Wildman–Crippen MR) is 53.4 cm³/mol. The number of ether oxygens (including phenoxy) is 2. The molecule has 13 heteroatoms. The molecule has 23 heavy (non-hydrogen) atoms. The summed E-state index contributed by atoms with van der Waals surface area (Å²) in [6.45, 7) is -3.05. The average Bonchev–Trinajstić information content (AvgIpc) is 2.37. The van der Waals surface area contributed by atoms with E-state index in [2.05, 4.69) is 9.47 Å². The van der Waals surface area contributed by atoms with Gasteiger partial charge in [0.25, 0.3) is 0 Å². The van der Waals surface area contributed by atoms with Crippen molar-refractivity contribution >= 4 is 6.16 Å². The molecule has 0 aliphatic carbocycles. The molecule has 0 fully saturated rings. The highest BCUT2D eigenvalue weighted by molar-refractivity contribution is 5.59. The highest BCUT2D eigenvalue weighted by atomic mass is 19.4. The third-order valence-electron chi connectivity index (χ3n) is 2.34. The molecule has 0 atom stereocenters. The molecule has 0 saturated carbocycles. The van der Waals surface area contributed by atoms with Crippen LogP contribution < -0.4 is 0 Å². The van der Waals surface area contributed by atoms with Gasteiger partial charge in [0.15, 0.2) is 0 Å². The highest BCUT2D eigenvalue weighted by Crippen LogP contribution is 2.53. The third kappa shape index (κ3) is 5.03. The summed E-state index contributed by atoms with van der Waals surface area (Å²) >= 11 is 0. The molecule has 0 rings (SSSR count). The van der Waals surface area contributed by atoms with Crippen LogP contribution in [-0.4, -0.2) is 50.0 Å². The van der Waals surface area contributed by atoms with Crippen LogP contribution in [0.4, 0.5) is 48.7 Å². The molecule has 0 unspecified atom stereocenters. The van der Waals surface area contributed by atoms with Gasteiger partial charge in [0.05, 0.1) is 19.7 Å². The van der Waals surface area contributed by atoms with Crippen molar-refractivity contribution < 1.29 is 58.2 Å². The van der Waals surface area contributed by atoms with Gasteiger partial charge in [-0.15, -0.1) is 0 Å². The van der Waals surface area contributed by atoms with E-state index in [9.17, 15) is 48.7 Å². The van der Waals surface area contributed by atoms with E-state index in [1.807, 2.05) is 0 Å². The first-order valence-electron chi connectivity index (χ1n) is 5.76. The first kappa shape index (κ1) is 21.6. The molecular weight excluding hydrogens is 358 g/mol. The molecule has 0 heterocycles. The van der Waals surface area contributed by atoms with Gasteiger partial charge in [0.2, 0.25) is 0 Å². The Morgan fingerprint density at radius 2 is 1.26 bits per heavy atom. The van der Waals surface area contributed by atoms with E-state index in [-0.39, 0.29) is 6.42 Å². The number of hydrogen-bond donors (Lipinski definition) is 0. The van der Waals surface area contributed by atoms with Crippen LogP contribution in [0.1, 0.15) is 12.8 Å². The molecule has 0 aromatic rings. The average molecular weight is 368 g/mol. The van der Waals surface area contributed by atoms with Gasteiger partial charge in [-0.1, -0.05) is 0 Å². The predicted octanol–water partition coefficient (Wildman–Crippen LogP) is 4.36. The molecule has 3 nitrogen and oxygen atoms in total. The molecule has 0 saturated heterocycles. The van der Waals surface area contributed by atoms with Crippen molar-refractivity contribution in [2.75, 3.05) is 19.9 Å². The lowest BCUT2D eigenvalue weighted by Crippen LogP contribution is -2.61. The van der Waals surface area contributed by atoms with Crippen LogP contribution in [0.2, 0.25) is 0 Å². The molecule has 138 valence electrons. The standard InChI is InChI=1S/C10H10F10O3/c11-3-1-4-22-6(21)23-5-2-7(12,13)8(14,15)9(16,17)10(18,19)20/h1-5H2. The quantitative estimate of drug-likeness (QED) is 0.363. The zero-order valence-corrected chi connectivity index (χ0v) is 11.0. The van der Waals surface area contributed by atoms with E-state index < -0.39 is 56.4 Å². The van der Waals surface area contributed by atoms with Gasteiger partial charge in [0, 0.05) is 6.42 Å². The molecule has 0 radical (unpaired) electrons. The fourth-order valence-corrected chi connectivity index (χ4v) is 1.08. The summed E-state index contributed by atoms with van der Waals surface area (Å²) in [4.78, 5) is 10.7. The van der Waals surface area contributed by atoms with Gasteiger partial charge in [0.1, 0.15) is 6.61 Å². The van der Waals surface area contributed by atoms with Crippen LogP contribution in [-0.2, 0) is 9.47 Å². The Bertz CT molecular complexity index is 393. The number of halogens is 10. The number of carbonyl (C=O) groups excluding carboxylic acids is 1. The Hall–Kier alpha value is -1.43. The molecule has 0 amide bonds. The van der Waals surface area contributed by atoms with Crippen LogP contribution in [0, 0.1) is 0 Å². The summed E-state index contributed by atoms with van der Waals surface area (Å²) in [7, 11) is 0. The van der Waals surface area contributed by atoms with Gasteiger partial charge >= 0.3 is 30.1 Å². The van der Waals surface area contributed by atoms with E-state index in [1.54, 1.807) is 0 Å². The van der Waals surface area contributed by atoms with Gasteiger partial charge in [-0.3, -0.25) is 4.39 Å². The summed E-state index contributed by atoms with van der Waals surface area (Å²) in [5, 5.41) is 0. The van der Waals surface area contributed by atoms with Crippen molar-refractivity contribution in [2.24, 2.45) is 0 Å². The maximum absolute atomic E-state index is 13.0. The lowest BCUT2D eigenvalue weighted by atomic mass is 10.0.